The third kappa shape index (κ3) is 2.98. The highest BCUT2D eigenvalue weighted by atomic mass is 35.5. The Kier molecular flexibility index (Phi) is 4.29. The zero-order valence-electron chi connectivity index (χ0n) is 11.6. The largest absolute Gasteiger partial charge is 0.480 e. The molecule has 1 unspecified atom stereocenters. The second-order valence-electron chi connectivity index (χ2n) is 5.10. The minimum atomic E-state index is -0.235. The molecule has 2 aromatic rings. The van der Waals surface area contributed by atoms with Gasteiger partial charge in [0, 0.05) is 16.2 Å². The number of halogens is 2. The molecule has 0 saturated carbocycles. The van der Waals surface area contributed by atoms with Crippen molar-refractivity contribution < 1.29 is 4.74 Å². The van der Waals surface area contributed by atoms with Gasteiger partial charge in [-0.3, -0.25) is 0 Å². The maximum atomic E-state index is 6.25. The van der Waals surface area contributed by atoms with E-state index in [0.29, 0.717) is 16.1 Å². The lowest BCUT2D eigenvalue weighted by molar-refractivity contribution is 0.210. The van der Waals surface area contributed by atoms with Crippen molar-refractivity contribution in [1.82, 2.24) is 9.97 Å². The van der Waals surface area contributed by atoms with Gasteiger partial charge in [-0.25, -0.2) is 9.97 Å². The van der Waals surface area contributed by atoms with Gasteiger partial charge in [-0.1, -0.05) is 49.2 Å². The second-order valence-corrected chi connectivity index (χ2v) is 6.87. The van der Waals surface area contributed by atoms with Crippen LogP contribution in [0.3, 0.4) is 0 Å². The van der Waals surface area contributed by atoms with E-state index in [-0.39, 0.29) is 12.0 Å². The SMILES string of the molecule is CC(C)c1c(Cl)nc(C2CSc3ccccc3O2)nc1Cl. The number of hydrogen-bond donors (Lipinski definition) is 0. The Labute approximate surface area is 138 Å². The molecule has 0 radical (unpaired) electrons. The first-order valence-electron chi connectivity index (χ1n) is 6.67. The number of rotatable bonds is 2. The lowest BCUT2D eigenvalue weighted by Gasteiger charge is -2.25. The molecule has 0 saturated heterocycles. The molecule has 1 atom stereocenters. The third-order valence-electron chi connectivity index (χ3n) is 3.24. The normalized spacial score (nSPS) is 17.5. The molecular weight excluding hydrogens is 327 g/mol. The van der Waals surface area contributed by atoms with E-state index >= 15 is 0 Å². The molecule has 2 heterocycles. The Bertz CT molecular complexity index is 655. The van der Waals surface area contributed by atoms with Crippen LogP contribution in [0.1, 0.15) is 37.3 Å². The first-order valence-corrected chi connectivity index (χ1v) is 8.41. The van der Waals surface area contributed by atoms with Crippen LogP contribution in [0.2, 0.25) is 10.3 Å². The van der Waals surface area contributed by atoms with Crippen LogP contribution < -0.4 is 4.74 Å². The monoisotopic (exact) mass is 340 g/mol. The minimum absolute atomic E-state index is 0.182. The Hall–Kier alpha value is -0.970. The van der Waals surface area contributed by atoms with Crippen molar-refractivity contribution in [2.24, 2.45) is 0 Å². The standard InChI is InChI=1S/C15H14Cl2N2OS/c1-8(2)12-13(16)18-15(19-14(12)17)10-7-21-11-6-4-3-5-9(11)20-10/h3-6,8,10H,7H2,1-2H3. The number of para-hydroxylation sites is 1. The van der Waals surface area contributed by atoms with E-state index in [2.05, 4.69) is 9.97 Å². The summed E-state index contributed by atoms with van der Waals surface area (Å²) in [5.74, 6) is 2.31. The van der Waals surface area contributed by atoms with Gasteiger partial charge < -0.3 is 4.74 Å². The van der Waals surface area contributed by atoms with Gasteiger partial charge >= 0.3 is 0 Å². The van der Waals surface area contributed by atoms with Crippen molar-refractivity contribution in [2.45, 2.75) is 30.8 Å². The number of benzene rings is 1. The van der Waals surface area contributed by atoms with Gasteiger partial charge in [0.2, 0.25) is 0 Å². The molecular formula is C15H14Cl2N2OS. The molecule has 110 valence electrons. The van der Waals surface area contributed by atoms with Gasteiger partial charge in [0.15, 0.2) is 11.9 Å². The summed E-state index contributed by atoms with van der Waals surface area (Å²) in [4.78, 5) is 9.90. The second kappa shape index (κ2) is 6.03. The molecule has 1 aliphatic heterocycles. The lowest BCUT2D eigenvalue weighted by Crippen LogP contribution is -2.18. The molecule has 1 aliphatic rings. The minimum Gasteiger partial charge on any atom is -0.480 e. The molecule has 3 rings (SSSR count). The molecule has 0 aliphatic carbocycles. The Morgan fingerprint density at radius 3 is 2.52 bits per heavy atom. The molecule has 3 nitrogen and oxygen atoms in total. The number of hydrogen-bond acceptors (Lipinski definition) is 4. The first kappa shape index (κ1) is 14.9. The van der Waals surface area contributed by atoms with Crippen molar-refractivity contribution in [3.63, 3.8) is 0 Å². The Balaban J connectivity index is 1.92. The van der Waals surface area contributed by atoms with Crippen molar-refractivity contribution >= 4 is 35.0 Å². The number of nitrogens with zero attached hydrogens (tertiary/aromatic N) is 2. The van der Waals surface area contributed by atoms with Crippen molar-refractivity contribution in [3.8, 4) is 5.75 Å². The summed E-state index contributed by atoms with van der Waals surface area (Å²) in [6, 6.07) is 7.93. The van der Waals surface area contributed by atoms with Crippen LogP contribution in [0.15, 0.2) is 29.2 Å². The molecule has 0 N–H and O–H groups in total. The zero-order chi connectivity index (χ0) is 15.0. The summed E-state index contributed by atoms with van der Waals surface area (Å²) in [5, 5.41) is 0.819. The van der Waals surface area contributed by atoms with Gasteiger partial charge in [0.05, 0.1) is 0 Å². The summed E-state index contributed by atoms with van der Waals surface area (Å²) in [6.45, 7) is 4.03. The molecule has 21 heavy (non-hydrogen) atoms. The third-order valence-corrected chi connectivity index (χ3v) is 4.94. The predicted molar refractivity (Wildman–Crippen MR) is 86.7 cm³/mol. The summed E-state index contributed by atoms with van der Waals surface area (Å²) >= 11 is 14.2. The fourth-order valence-corrected chi connectivity index (χ4v) is 4.02. The van der Waals surface area contributed by atoms with Gasteiger partial charge in [-0.2, -0.15) is 0 Å². The fourth-order valence-electron chi connectivity index (χ4n) is 2.20. The van der Waals surface area contributed by atoms with Crippen molar-refractivity contribution in [1.29, 1.82) is 0 Å². The Morgan fingerprint density at radius 1 is 1.19 bits per heavy atom. The average Bonchev–Trinajstić information content (AvgIpc) is 2.45. The lowest BCUT2D eigenvalue weighted by atomic mass is 10.1. The maximum absolute atomic E-state index is 6.25. The molecule has 0 bridgehead atoms. The number of aromatic nitrogens is 2. The summed E-state index contributed by atoms with van der Waals surface area (Å²) in [5.41, 5.74) is 0.783. The van der Waals surface area contributed by atoms with Crippen molar-refractivity contribution in [2.75, 3.05) is 5.75 Å². The molecule has 0 fully saturated rings. The van der Waals surface area contributed by atoms with E-state index in [1.807, 2.05) is 38.1 Å². The summed E-state index contributed by atoms with van der Waals surface area (Å²) < 4.78 is 5.97. The van der Waals surface area contributed by atoms with Crippen LogP contribution in [0.5, 0.6) is 5.75 Å². The quantitative estimate of drug-likeness (QED) is 0.709. The highest BCUT2D eigenvalue weighted by Gasteiger charge is 2.26. The van der Waals surface area contributed by atoms with Crippen LogP contribution in [-0.2, 0) is 0 Å². The first-order chi connectivity index (χ1) is 10.1. The topological polar surface area (TPSA) is 35.0 Å². The zero-order valence-corrected chi connectivity index (χ0v) is 14.0. The smallest absolute Gasteiger partial charge is 0.173 e. The van der Waals surface area contributed by atoms with Gasteiger partial charge in [0.1, 0.15) is 16.1 Å². The summed E-state index contributed by atoms with van der Waals surface area (Å²) in [7, 11) is 0. The highest BCUT2D eigenvalue weighted by molar-refractivity contribution is 7.99. The molecule has 6 heteroatoms. The molecule has 0 amide bonds. The van der Waals surface area contributed by atoms with Crippen LogP contribution in [-0.4, -0.2) is 15.7 Å². The summed E-state index contributed by atoms with van der Waals surface area (Å²) in [6.07, 6.45) is -0.235. The number of fused-ring (bicyclic) bond motifs is 1. The Morgan fingerprint density at radius 2 is 1.86 bits per heavy atom. The molecule has 1 aromatic heterocycles. The van der Waals surface area contributed by atoms with E-state index in [0.717, 1.165) is 22.0 Å². The van der Waals surface area contributed by atoms with Crippen LogP contribution in [0.4, 0.5) is 0 Å². The van der Waals surface area contributed by atoms with Crippen LogP contribution >= 0.6 is 35.0 Å². The maximum Gasteiger partial charge on any atom is 0.173 e. The van der Waals surface area contributed by atoms with Gasteiger partial charge in [0.25, 0.3) is 0 Å². The van der Waals surface area contributed by atoms with E-state index in [9.17, 15) is 0 Å². The number of thioether (sulfide) groups is 1. The predicted octanol–water partition coefficient (Wildman–Crippen LogP) is 5.13. The fraction of sp³-hybridized carbons (Fsp3) is 0.333. The van der Waals surface area contributed by atoms with Crippen LogP contribution in [0, 0.1) is 0 Å². The molecule has 0 spiro atoms. The van der Waals surface area contributed by atoms with E-state index < -0.39 is 0 Å². The van der Waals surface area contributed by atoms with E-state index in [1.165, 1.54) is 0 Å². The number of ether oxygens (including phenoxy) is 1. The molecule has 1 aromatic carbocycles. The van der Waals surface area contributed by atoms with Gasteiger partial charge in [-0.05, 0) is 18.1 Å². The van der Waals surface area contributed by atoms with Crippen molar-refractivity contribution in [3.05, 3.63) is 46.0 Å². The average molecular weight is 341 g/mol. The van der Waals surface area contributed by atoms with Gasteiger partial charge in [-0.15, -0.1) is 11.8 Å². The highest BCUT2D eigenvalue weighted by Crippen LogP contribution is 2.40. The van der Waals surface area contributed by atoms with E-state index in [1.54, 1.807) is 11.8 Å². The van der Waals surface area contributed by atoms with E-state index in [4.69, 9.17) is 27.9 Å². The van der Waals surface area contributed by atoms with Crippen LogP contribution in [0.25, 0.3) is 0 Å².